The summed E-state index contributed by atoms with van der Waals surface area (Å²) >= 11 is 0. The van der Waals surface area contributed by atoms with Crippen molar-refractivity contribution >= 4 is 11.6 Å². The van der Waals surface area contributed by atoms with Gasteiger partial charge in [0.2, 0.25) is 0 Å². The first-order chi connectivity index (χ1) is 9.25. The number of halogens is 3. The Balaban J connectivity index is 2.94. The average Bonchev–Trinajstić information content (AvgIpc) is 2.35. The smallest absolute Gasteiger partial charge is 0.384 e. The van der Waals surface area contributed by atoms with E-state index >= 15 is 0 Å². The van der Waals surface area contributed by atoms with Gasteiger partial charge in [0.15, 0.2) is 0 Å². The number of amides is 1. The number of nitrogens with two attached hydrogens (primary N) is 1. The summed E-state index contributed by atoms with van der Waals surface area (Å²) in [6.45, 7) is 3.24. The third-order valence-corrected chi connectivity index (χ3v) is 2.81. The summed E-state index contributed by atoms with van der Waals surface area (Å²) in [5.41, 5.74) is 4.40. The molecule has 0 saturated heterocycles. The van der Waals surface area contributed by atoms with E-state index in [2.05, 4.69) is 10.6 Å². The van der Waals surface area contributed by atoms with Gasteiger partial charge in [0.05, 0.1) is 11.1 Å². The fraction of sp³-hybridized carbons (Fsp3) is 0.462. The predicted molar refractivity (Wildman–Crippen MR) is 71.5 cm³/mol. The van der Waals surface area contributed by atoms with Crippen LogP contribution in [0.25, 0.3) is 0 Å². The molecule has 0 heterocycles. The molecular weight excluding hydrogens is 271 g/mol. The van der Waals surface area contributed by atoms with Crippen LogP contribution in [0.15, 0.2) is 18.2 Å². The highest BCUT2D eigenvalue weighted by Crippen LogP contribution is 2.31. The summed E-state index contributed by atoms with van der Waals surface area (Å²) in [7, 11) is 1.81. The molecule has 1 aromatic rings. The summed E-state index contributed by atoms with van der Waals surface area (Å²) in [4.78, 5) is 11.3. The molecule has 1 rings (SSSR count). The summed E-state index contributed by atoms with van der Waals surface area (Å²) in [6, 6.07) is 2.93. The maximum Gasteiger partial charge on any atom is 0.416 e. The van der Waals surface area contributed by atoms with Gasteiger partial charge in [-0.05, 0) is 37.7 Å². The largest absolute Gasteiger partial charge is 0.416 e. The van der Waals surface area contributed by atoms with Crippen molar-refractivity contribution in [3.05, 3.63) is 29.3 Å². The third kappa shape index (κ3) is 4.41. The van der Waals surface area contributed by atoms with E-state index in [1.807, 2.05) is 14.0 Å². The summed E-state index contributed by atoms with van der Waals surface area (Å²) in [5, 5.41) is 5.94. The molecule has 0 radical (unpaired) electrons. The molecule has 0 saturated carbocycles. The Morgan fingerprint density at radius 2 is 2.00 bits per heavy atom. The molecule has 0 aliphatic carbocycles. The van der Waals surface area contributed by atoms with Crippen molar-refractivity contribution in [2.24, 2.45) is 11.7 Å². The van der Waals surface area contributed by atoms with Crippen molar-refractivity contribution < 1.29 is 18.0 Å². The molecule has 1 amide bonds. The second kappa shape index (κ2) is 6.60. The van der Waals surface area contributed by atoms with Gasteiger partial charge in [0, 0.05) is 12.2 Å². The lowest BCUT2D eigenvalue weighted by atomic mass is 10.1. The lowest BCUT2D eigenvalue weighted by Crippen LogP contribution is -2.24. The molecule has 0 spiro atoms. The van der Waals surface area contributed by atoms with Crippen molar-refractivity contribution in [3.63, 3.8) is 0 Å². The Hall–Kier alpha value is -1.76. The quantitative estimate of drug-likeness (QED) is 0.751. The molecule has 1 atom stereocenters. The Morgan fingerprint density at radius 1 is 1.35 bits per heavy atom. The first-order valence-corrected chi connectivity index (χ1v) is 6.15. The van der Waals surface area contributed by atoms with Crippen LogP contribution < -0.4 is 16.4 Å². The van der Waals surface area contributed by atoms with Crippen molar-refractivity contribution in [2.75, 3.05) is 25.5 Å². The molecule has 0 aliphatic heterocycles. The number of rotatable bonds is 6. The summed E-state index contributed by atoms with van der Waals surface area (Å²) in [6.07, 6.45) is -4.50. The number of primary amides is 1. The number of hydrogen-bond acceptors (Lipinski definition) is 3. The van der Waals surface area contributed by atoms with Crippen LogP contribution >= 0.6 is 0 Å². The van der Waals surface area contributed by atoms with Gasteiger partial charge in [-0.25, -0.2) is 0 Å². The topological polar surface area (TPSA) is 67.2 Å². The van der Waals surface area contributed by atoms with Crippen LogP contribution in [0.4, 0.5) is 18.9 Å². The number of anilines is 1. The van der Waals surface area contributed by atoms with Crippen LogP contribution in [0, 0.1) is 5.92 Å². The molecule has 0 aromatic heterocycles. The van der Waals surface area contributed by atoms with Crippen LogP contribution in [0.5, 0.6) is 0 Å². The summed E-state index contributed by atoms with van der Waals surface area (Å²) < 4.78 is 37.8. The second-order valence-corrected chi connectivity index (χ2v) is 4.67. The van der Waals surface area contributed by atoms with Gasteiger partial charge in [-0.1, -0.05) is 6.92 Å². The van der Waals surface area contributed by atoms with Crippen LogP contribution in [-0.2, 0) is 6.18 Å². The molecule has 1 aromatic carbocycles. The zero-order valence-corrected chi connectivity index (χ0v) is 11.3. The van der Waals surface area contributed by atoms with E-state index in [-0.39, 0.29) is 11.5 Å². The number of alkyl halides is 3. The molecule has 0 aliphatic rings. The highest BCUT2D eigenvalue weighted by atomic mass is 19.4. The zero-order valence-electron chi connectivity index (χ0n) is 11.3. The first kappa shape index (κ1) is 16.3. The molecule has 7 heteroatoms. The van der Waals surface area contributed by atoms with E-state index in [1.165, 1.54) is 6.07 Å². The molecule has 0 bridgehead atoms. The number of benzene rings is 1. The number of hydrogen-bond donors (Lipinski definition) is 3. The molecule has 4 N–H and O–H groups in total. The van der Waals surface area contributed by atoms with Gasteiger partial charge in [0.1, 0.15) is 0 Å². The van der Waals surface area contributed by atoms with Crippen molar-refractivity contribution in [3.8, 4) is 0 Å². The Labute approximate surface area is 115 Å². The molecule has 20 heavy (non-hydrogen) atoms. The van der Waals surface area contributed by atoms with Crippen molar-refractivity contribution in [1.29, 1.82) is 0 Å². The molecular formula is C13H18F3N3O. The van der Waals surface area contributed by atoms with Crippen molar-refractivity contribution in [1.82, 2.24) is 5.32 Å². The molecule has 1 unspecified atom stereocenters. The number of carbonyl (C=O) groups excluding carboxylic acids is 1. The minimum Gasteiger partial charge on any atom is -0.384 e. The fourth-order valence-electron chi connectivity index (χ4n) is 1.78. The van der Waals surface area contributed by atoms with E-state index in [1.54, 1.807) is 0 Å². The van der Waals surface area contributed by atoms with E-state index in [9.17, 15) is 18.0 Å². The van der Waals surface area contributed by atoms with Crippen LogP contribution in [0.3, 0.4) is 0 Å². The van der Waals surface area contributed by atoms with Gasteiger partial charge in [-0.3, -0.25) is 4.79 Å². The maximum atomic E-state index is 12.6. The van der Waals surface area contributed by atoms with Crippen LogP contribution in [0.2, 0.25) is 0 Å². The van der Waals surface area contributed by atoms with Gasteiger partial charge in [-0.2, -0.15) is 13.2 Å². The summed E-state index contributed by atoms with van der Waals surface area (Å²) in [5.74, 6) is -0.636. The average molecular weight is 289 g/mol. The van der Waals surface area contributed by atoms with Crippen molar-refractivity contribution in [2.45, 2.75) is 13.1 Å². The minimum atomic E-state index is -4.50. The van der Waals surface area contributed by atoms with Gasteiger partial charge < -0.3 is 16.4 Å². The normalized spacial score (nSPS) is 13.1. The monoisotopic (exact) mass is 289 g/mol. The number of nitrogens with one attached hydrogen (secondary N) is 2. The van der Waals surface area contributed by atoms with E-state index in [0.29, 0.717) is 12.2 Å². The Bertz CT molecular complexity index is 474. The Kier molecular flexibility index (Phi) is 5.38. The van der Waals surface area contributed by atoms with Crippen LogP contribution in [0.1, 0.15) is 22.8 Å². The third-order valence-electron chi connectivity index (χ3n) is 2.81. The highest BCUT2D eigenvalue weighted by molar-refractivity contribution is 5.98. The number of carbonyl (C=O) groups is 1. The molecule has 112 valence electrons. The standard InChI is InChI=1S/C13H18F3N3O/c1-8(6-18-2)7-19-11-4-3-9(13(14,15)16)5-10(11)12(17)20/h3-5,8,18-19H,6-7H2,1-2H3,(H2,17,20). The second-order valence-electron chi connectivity index (χ2n) is 4.67. The lowest BCUT2D eigenvalue weighted by molar-refractivity contribution is -0.137. The highest BCUT2D eigenvalue weighted by Gasteiger charge is 2.31. The van der Waals surface area contributed by atoms with E-state index in [4.69, 9.17) is 5.73 Å². The van der Waals surface area contributed by atoms with Crippen LogP contribution in [-0.4, -0.2) is 26.0 Å². The molecule has 0 fully saturated rings. The fourth-order valence-corrected chi connectivity index (χ4v) is 1.78. The lowest BCUT2D eigenvalue weighted by Gasteiger charge is -2.16. The SMILES string of the molecule is CNCC(C)CNc1ccc(C(F)(F)F)cc1C(N)=O. The maximum absolute atomic E-state index is 12.6. The predicted octanol–water partition coefficient (Wildman–Crippen LogP) is 2.07. The van der Waals surface area contributed by atoms with E-state index < -0.39 is 17.6 Å². The van der Waals surface area contributed by atoms with E-state index in [0.717, 1.165) is 18.7 Å². The van der Waals surface area contributed by atoms with Gasteiger partial charge in [0.25, 0.3) is 5.91 Å². The molecule has 4 nitrogen and oxygen atoms in total. The zero-order chi connectivity index (χ0) is 15.3. The Morgan fingerprint density at radius 3 is 2.50 bits per heavy atom. The van der Waals surface area contributed by atoms with Gasteiger partial charge >= 0.3 is 6.18 Å². The van der Waals surface area contributed by atoms with Gasteiger partial charge in [-0.15, -0.1) is 0 Å². The first-order valence-electron chi connectivity index (χ1n) is 6.15. The minimum absolute atomic E-state index is 0.156.